The Kier molecular flexibility index (Phi) is 4.56. The van der Waals surface area contributed by atoms with Crippen LogP contribution < -0.4 is 10.5 Å². The maximum atomic E-state index is 12.9. The molecule has 0 heterocycles. The molecule has 15 heavy (non-hydrogen) atoms. The lowest BCUT2D eigenvalue weighted by atomic mass is 10.2. The number of rotatable bonds is 5. The Hall–Kier alpha value is -1.09. The van der Waals surface area contributed by atoms with Crippen LogP contribution in [0.5, 0.6) is 5.75 Å². The van der Waals surface area contributed by atoms with Gasteiger partial charge >= 0.3 is 0 Å². The van der Waals surface area contributed by atoms with Gasteiger partial charge in [-0.25, -0.2) is 4.39 Å². The van der Waals surface area contributed by atoms with Gasteiger partial charge in [-0.3, -0.25) is 0 Å². The van der Waals surface area contributed by atoms with Gasteiger partial charge in [-0.1, -0.05) is 6.07 Å². The van der Waals surface area contributed by atoms with Crippen LogP contribution in [0.4, 0.5) is 4.39 Å². The summed E-state index contributed by atoms with van der Waals surface area (Å²) in [6, 6.07) is 4.58. The van der Waals surface area contributed by atoms with Gasteiger partial charge in [0, 0.05) is 6.07 Å². The molecule has 1 rings (SSSR count). The first kappa shape index (κ1) is 12.0. The monoisotopic (exact) mass is 211 g/mol. The number of aryl methyl sites for hydroxylation is 1. The van der Waals surface area contributed by atoms with E-state index in [-0.39, 0.29) is 11.9 Å². The number of halogens is 1. The molecule has 2 nitrogen and oxygen atoms in total. The van der Waals surface area contributed by atoms with Crippen LogP contribution in [-0.4, -0.2) is 12.6 Å². The highest BCUT2D eigenvalue weighted by Gasteiger charge is 2.06. The normalized spacial score (nSPS) is 12.5. The van der Waals surface area contributed by atoms with Gasteiger partial charge in [0.2, 0.25) is 0 Å². The molecule has 1 atom stereocenters. The predicted octanol–water partition coefficient (Wildman–Crippen LogP) is 2.64. The lowest BCUT2D eigenvalue weighted by molar-refractivity contribution is 0.206. The van der Waals surface area contributed by atoms with E-state index in [0.717, 1.165) is 18.4 Å². The van der Waals surface area contributed by atoms with Gasteiger partial charge in [-0.15, -0.1) is 0 Å². The summed E-state index contributed by atoms with van der Waals surface area (Å²) in [6.07, 6.45) is 1.90. The van der Waals surface area contributed by atoms with Gasteiger partial charge in [0.1, 0.15) is 11.6 Å². The van der Waals surface area contributed by atoms with Gasteiger partial charge in [0.25, 0.3) is 0 Å². The molecule has 0 aromatic heterocycles. The number of nitrogens with two attached hydrogens (primary N) is 1. The molecule has 84 valence electrons. The van der Waals surface area contributed by atoms with Crippen molar-refractivity contribution in [2.75, 3.05) is 6.54 Å². The van der Waals surface area contributed by atoms with E-state index < -0.39 is 0 Å². The molecule has 2 N–H and O–H groups in total. The molecule has 0 fully saturated rings. The van der Waals surface area contributed by atoms with Crippen LogP contribution in [0.1, 0.15) is 25.3 Å². The van der Waals surface area contributed by atoms with Crippen LogP contribution in [0, 0.1) is 12.7 Å². The van der Waals surface area contributed by atoms with Crippen molar-refractivity contribution in [2.45, 2.75) is 32.8 Å². The maximum Gasteiger partial charge on any atom is 0.126 e. The first-order chi connectivity index (χ1) is 7.13. The minimum absolute atomic E-state index is 0.0778. The second kappa shape index (κ2) is 5.71. The standard InChI is InChI=1S/C12H18FNO/c1-9-5-6-11(13)8-12(9)15-10(2)4-3-7-14/h5-6,8,10H,3-4,7,14H2,1-2H3. The number of hydrogen-bond donors (Lipinski definition) is 1. The van der Waals surface area contributed by atoms with E-state index >= 15 is 0 Å². The van der Waals surface area contributed by atoms with Crippen molar-refractivity contribution in [3.63, 3.8) is 0 Å². The van der Waals surface area contributed by atoms with E-state index in [4.69, 9.17) is 10.5 Å². The average molecular weight is 211 g/mol. The molecule has 0 aliphatic heterocycles. The third-order valence-electron chi connectivity index (χ3n) is 2.29. The second-order valence-electron chi connectivity index (χ2n) is 3.77. The van der Waals surface area contributed by atoms with Gasteiger partial charge in [-0.2, -0.15) is 0 Å². The highest BCUT2D eigenvalue weighted by molar-refractivity contribution is 5.32. The largest absolute Gasteiger partial charge is 0.490 e. The molecule has 3 heteroatoms. The lowest BCUT2D eigenvalue weighted by Crippen LogP contribution is -2.14. The molecule has 0 saturated carbocycles. The lowest BCUT2D eigenvalue weighted by Gasteiger charge is -2.15. The van der Waals surface area contributed by atoms with Gasteiger partial charge < -0.3 is 10.5 Å². The zero-order chi connectivity index (χ0) is 11.3. The smallest absolute Gasteiger partial charge is 0.126 e. The second-order valence-corrected chi connectivity index (χ2v) is 3.77. The summed E-state index contributed by atoms with van der Waals surface area (Å²) in [5, 5.41) is 0. The predicted molar refractivity (Wildman–Crippen MR) is 59.5 cm³/mol. The fraction of sp³-hybridized carbons (Fsp3) is 0.500. The first-order valence-electron chi connectivity index (χ1n) is 5.26. The Bertz CT molecular complexity index is 314. The van der Waals surface area contributed by atoms with Crippen LogP contribution in [0.15, 0.2) is 18.2 Å². The molecule has 1 unspecified atom stereocenters. The summed E-state index contributed by atoms with van der Waals surface area (Å²) >= 11 is 0. The van der Waals surface area contributed by atoms with E-state index in [1.807, 2.05) is 13.8 Å². The average Bonchev–Trinajstić information content (AvgIpc) is 2.20. The van der Waals surface area contributed by atoms with E-state index in [0.29, 0.717) is 12.3 Å². The summed E-state index contributed by atoms with van der Waals surface area (Å²) in [4.78, 5) is 0. The third kappa shape index (κ3) is 3.88. The summed E-state index contributed by atoms with van der Waals surface area (Å²) < 4.78 is 18.6. The van der Waals surface area contributed by atoms with Crippen LogP contribution in [0.25, 0.3) is 0 Å². The number of hydrogen-bond acceptors (Lipinski definition) is 2. The van der Waals surface area contributed by atoms with Crippen molar-refractivity contribution in [3.8, 4) is 5.75 Å². The Morgan fingerprint density at radius 1 is 1.47 bits per heavy atom. The molecule has 0 bridgehead atoms. The molecule has 0 saturated heterocycles. The Balaban J connectivity index is 2.59. The molecule has 1 aromatic carbocycles. The summed E-state index contributed by atoms with van der Waals surface area (Å²) in [6.45, 7) is 4.54. The van der Waals surface area contributed by atoms with Crippen molar-refractivity contribution >= 4 is 0 Å². The van der Waals surface area contributed by atoms with E-state index in [2.05, 4.69) is 0 Å². The Morgan fingerprint density at radius 3 is 2.87 bits per heavy atom. The molecule has 1 aromatic rings. The van der Waals surface area contributed by atoms with E-state index in [1.165, 1.54) is 12.1 Å². The zero-order valence-corrected chi connectivity index (χ0v) is 9.29. The van der Waals surface area contributed by atoms with Crippen LogP contribution in [-0.2, 0) is 0 Å². The van der Waals surface area contributed by atoms with Crippen molar-refractivity contribution in [3.05, 3.63) is 29.6 Å². The highest BCUT2D eigenvalue weighted by Crippen LogP contribution is 2.20. The molecule has 0 spiro atoms. The van der Waals surface area contributed by atoms with Crippen LogP contribution >= 0.6 is 0 Å². The molecule has 0 amide bonds. The summed E-state index contributed by atoms with van der Waals surface area (Å²) in [7, 11) is 0. The summed E-state index contributed by atoms with van der Waals surface area (Å²) in [5.74, 6) is 0.362. The van der Waals surface area contributed by atoms with E-state index in [1.54, 1.807) is 6.07 Å². The zero-order valence-electron chi connectivity index (χ0n) is 9.29. The van der Waals surface area contributed by atoms with Crippen molar-refractivity contribution in [1.82, 2.24) is 0 Å². The SMILES string of the molecule is Cc1ccc(F)cc1OC(C)CCCN. The maximum absolute atomic E-state index is 12.9. The molecule has 0 aliphatic carbocycles. The Morgan fingerprint density at radius 2 is 2.20 bits per heavy atom. The Labute approximate surface area is 90.2 Å². The summed E-state index contributed by atoms with van der Waals surface area (Å²) in [5.41, 5.74) is 6.36. The number of benzene rings is 1. The fourth-order valence-corrected chi connectivity index (χ4v) is 1.38. The van der Waals surface area contributed by atoms with Crippen molar-refractivity contribution in [2.24, 2.45) is 5.73 Å². The minimum Gasteiger partial charge on any atom is -0.490 e. The highest BCUT2D eigenvalue weighted by atomic mass is 19.1. The molecular formula is C12H18FNO. The van der Waals surface area contributed by atoms with Gasteiger partial charge in [0.15, 0.2) is 0 Å². The van der Waals surface area contributed by atoms with Crippen LogP contribution in [0.3, 0.4) is 0 Å². The van der Waals surface area contributed by atoms with Crippen LogP contribution in [0.2, 0.25) is 0 Å². The quantitative estimate of drug-likeness (QED) is 0.812. The first-order valence-corrected chi connectivity index (χ1v) is 5.26. The molecular weight excluding hydrogens is 193 g/mol. The fourth-order valence-electron chi connectivity index (χ4n) is 1.38. The van der Waals surface area contributed by atoms with Gasteiger partial charge in [-0.05, 0) is 44.9 Å². The van der Waals surface area contributed by atoms with Crippen molar-refractivity contribution < 1.29 is 9.13 Å². The van der Waals surface area contributed by atoms with Crippen molar-refractivity contribution in [1.29, 1.82) is 0 Å². The third-order valence-corrected chi connectivity index (χ3v) is 2.29. The van der Waals surface area contributed by atoms with Gasteiger partial charge in [0.05, 0.1) is 6.10 Å². The van der Waals surface area contributed by atoms with E-state index in [9.17, 15) is 4.39 Å². The molecule has 0 radical (unpaired) electrons. The topological polar surface area (TPSA) is 35.2 Å². The number of ether oxygens (including phenoxy) is 1. The molecule has 0 aliphatic rings. The minimum atomic E-state index is -0.262.